The SMILES string of the molecule is CCC(NN)C(C)(F)F. The maximum absolute atomic E-state index is 12.2. The van der Waals surface area contributed by atoms with E-state index in [1.165, 1.54) is 0 Å². The Labute approximate surface area is 53.4 Å². The van der Waals surface area contributed by atoms with Crippen molar-refractivity contribution in [1.82, 2.24) is 5.43 Å². The van der Waals surface area contributed by atoms with Crippen molar-refractivity contribution in [2.75, 3.05) is 0 Å². The first-order valence-corrected chi connectivity index (χ1v) is 2.86. The van der Waals surface area contributed by atoms with Crippen LogP contribution in [0.1, 0.15) is 20.3 Å². The van der Waals surface area contributed by atoms with Crippen LogP contribution in [-0.4, -0.2) is 12.0 Å². The Bertz CT molecular complexity index is 75.5. The summed E-state index contributed by atoms with van der Waals surface area (Å²) in [5, 5.41) is 0. The molecule has 0 heterocycles. The molecule has 0 aromatic heterocycles. The van der Waals surface area contributed by atoms with Gasteiger partial charge in [-0.2, -0.15) is 0 Å². The summed E-state index contributed by atoms with van der Waals surface area (Å²) in [6, 6.07) is -0.905. The first kappa shape index (κ1) is 8.78. The average molecular weight is 138 g/mol. The molecule has 56 valence electrons. The van der Waals surface area contributed by atoms with E-state index in [2.05, 4.69) is 0 Å². The van der Waals surface area contributed by atoms with E-state index in [-0.39, 0.29) is 0 Å². The van der Waals surface area contributed by atoms with Crippen molar-refractivity contribution >= 4 is 0 Å². The zero-order valence-corrected chi connectivity index (χ0v) is 5.62. The fourth-order valence-corrected chi connectivity index (χ4v) is 0.623. The topological polar surface area (TPSA) is 38.0 Å². The molecule has 4 heteroatoms. The second-order valence-corrected chi connectivity index (χ2v) is 2.08. The van der Waals surface area contributed by atoms with Gasteiger partial charge in [-0.1, -0.05) is 6.92 Å². The molecule has 9 heavy (non-hydrogen) atoms. The summed E-state index contributed by atoms with van der Waals surface area (Å²) in [5.74, 6) is 2.12. The lowest BCUT2D eigenvalue weighted by atomic mass is 10.1. The number of rotatable bonds is 3. The van der Waals surface area contributed by atoms with Crippen LogP contribution in [0.5, 0.6) is 0 Å². The second-order valence-electron chi connectivity index (χ2n) is 2.08. The van der Waals surface area contributed by atoms with E-state index < -0.39 is 12.0 Å². The lowest BCUT2D eigenvalue weighted by Crippen LogP contribution is -2.46. The molecule has 1 atom stereocenters. The Hall–Kier alpha value is -0.220. The molecular weight excluding hydrogens is 126 g/mol. The molecule has 0 bridgehead atoms. The van der Waals surface area contributed by atoms with Crippen LogP contribution < -0.4 is 11.3 Å². The van der Waals surface area contributed by atoms with Crippen LogP contribution in [0.25, 0.3) is 0 Å². The van der Waals surface area contributed by atoms with Crippen molar-refractivity contribution < 1.29 is 8.78 Å². The highest BCUT2D eigenvalue weighted by atomic mass is 19.3. The molecule has 0 amide bonds. The molecule has 0 aromatic rings. The van der Waals surface area contributed by atoms with Crippen LogP contribution in [0.3, 0.4) is 0 Å². The zero-order chi connectivity index (χ0) is 7.49. The van der Waals surface area contributed by atoms with Gasteiger partial charge in [0.1, 0.15) is 0 Å². The maximum Gasteiger partial charge on any atom is 0.261 e. The molecule has 0 radical (unpaired) electrons. The van der Waals surface area contributed by atoms with Gasteiger partial charge in [0.25, 0.3) is 5.92 Å². The lowest BCUT2D eigenvalue weighted by molar-refractivity contribution is -0.0193. The van der Waals surface area contributed by atoms with Gasteiger partial charge in [-0.25, -0.2) is 8.78 Å². The molecule has 0 saturated carbocycles. The molecule has 1 unspecified atom stereocenters. The Morgan fingerprint density at radius 3 is 2.11 bits per heavy atom. The van der Waals surface area contributed by atoms with Crippen molar-refractivity contribution in [3.05, 3.63) is 0 Å². The quantitative estimate of drug-likeness (QED) is 0.449. The van der Waals surface area contributed by atoms with Crippen molar-refractivity contribution in [2.24, 2.45) is 5.84 Å². The van der Waals surface area contributed by atoms with Crippen molar-refractivity contribution in [3.63, 3.8) is 0 Å². The summed E-state index contributed by atoms with van der Waals surface area (Å²) in [7, 11) is 0. The van der Waals surface area contributed by atoms with E-state index in [1.54, 1.807) is 6.92 Å². The first-order chi connectivity index (χ1) is 4.02. The molecule has 0 aromatic carbocycles. The van der Waals surface area contributed by atoms with Gasteiger partial charge in [0, 0.05) is 6.92 Å². The lowest BCUT2D eigenvalue weighted by Gasteiger charge is -2.20. The van der Waals surface area contributed by atoms with Gasteiger partial charge in [0.2, 0.25) is 0 Å². The predicted octanol–water partition coefficient (Wildman–Crippen LogP) is 0.883. The van der Waals surface area contributed by atoms with Gasteiger partial charge in [0.15, 0.2) is 0 Å². The number of nitrogens with two attached hydrogens (primary N) is 1. The van der Waals surface area contributed by atoms with Gasteiger partial charge in [-0.05, 0) is 6.42 Å². The molecule has 0 aliphatic rings. The third kappa shape index (κ3) is 2.72. The summed E-state index contributed by atoms with van der Waals surface area (Å²) in [4.78, 5) is 0. The van der Waals surface area contributed by atoms with E-state index in [0.717, 1.165) is 6.92 Å². The summed E-state index contributed by atoms with van der Waals surface area (Å²) in [5.41, 5.74) is 2.04. The van der Waals surface area contributed by atoms with Crippen LogP contribution in [0.4, 0.5) is 8.78 Å². The number of hydrazine groups is 1. The number of hydrogen-bond donors (Lipinski definition) is 2. The molecule has 0 fully saturated rings. The highest BCUT2D eigenvalue weighted by molar-refractivity contribution is 4.74. The molecule has 0 aliphatic carbocycles. The van der Waals surface area contributed by atoms with Gasteiger partial charge in [-0.15, -0.1) is 0 Å². The summed E-state index contributed by atoms with van der Waals surface area (Å²) < 4.78 is 24.5. The number of halogens is 2. The molecule has 3 N–H and O–H groups in total. The Balaban J connectivity index is 3.79. The summed E-state index contributed by atoms with van der Waals surface area (Å²) in [6.07, 6.45) is 0.333. The molecule has 0 spiro atoms. The van der Waals surface area contributed by atoms with Gasteiger partial charge >= 0.3 is 0 Å². The predicted molar refractivity (Wildman–Crippen MR) is 32.0 cm³/mol. The summed E-state index contributed by atoms with van der Waals surface area (Å²) >= 11 is 0. The third-order valence-electron chi connectivity index (χ3n) is 1.22. The Kier molecular flexibility index (Phi) is 3.00. The minimum absolute atomic E-state index is 0.333. The third-order valence-corrected chi connectivity index (χ3v) is 1.22. The smallest absolute Gasteiger partial charge is 0.261 e. The van der Waals surface area contributed by atoms with E-state index in [9.17, 15) is 8.78 Å². The van der Waals surface area contributed by atoms with Gasteiger partial charge in [-0.3, -0.25) is 11.3 Å². The zero-order valence-electron chi connectivity index (χ0n) is 5.62. The van der Waals surface area contributed by atoms with Gasteiger partial charge in [0.05, 0.1) is 6.04 Å². The number of alkyl halides is 2. The first-order valence-electron chi connectivity index (χ1n) is 2.86. The second kappa shape index (κ2) is 3.08. The molecule has 0 saturated heterocycles. The standard InChI is InChI=1S/C5H12F2N2/c1-3-4(9-8)5(2,6)7/h4,9H,3,8H2,1-2H3. The van der Waals surface area contributed by atoms with Crippen LogP contribution in [0.15, 0.2) is 0 Å². The molecule has 0 rings (SSSR count). The van der Waals surface area contributed by atoms with Crippen LogP contribution >= 0.6 is 0 Å². The average Bonchev–Trinajstić information content (AvgIpc) is 1.65. The fraction of sp³-hybridized carbons (Fsp3) is 1.00. The molecule has 2 nitrogen and oxygen atoms in total. The molecular formula is C5H12F2N2. The van der Waals surface area contributed by atoms with Crippen LogP contribution in [0.2, 0.25) is 0 Å². The molecule has 0 aliphatic heterocycles. The number of hydrogen-bond acceptors (Lipinski definition) is 2. The maximum atomic E-state index is 12.2. The van der Waals surface area contributed by atoms with Gasteiger partial charge < -0.3 is 0 Å². The van der Waals surface area contributed by atoms with Crippen LogP contribution in [-0.2, 0) is 0 Å². The Morgan fingerprint density at radius 1 is 1.67 bits per heavy atom. The highest BCUT2D eigenvalue weighted by Gasteiger charge is 2.31. The van der Waals surface area contributed by atoms with E-state index >= 15 is 0 Å². The Morgan fingerprint density at radius 2 is 2.11 bits per heavy atom. The minimum Gasteiger partial charge on any atom is -0.271 e. The van der Waals surface area contributed by atoms with Crippen molar-refractivity contribution in [2.45, 2.75) is 32.2 Å². The fourth-order valence-electron chi connectivity index (χ4n) is 0.623. The normalized spacial score (nSPS) is 15.7. The van der Waals surface area contributed by atoms with E-state index in [0.29, 0.717) is 6.42 Å². The number of nitrogens with one attached hydrogen (secondary N) is 1. The summed E-state index contributed by atoms with van der Waals surface area (Å²) in [6.45, 7) is 2.50. The van der Waals surface area contributed by atoms with Crippen LogP contribution in [0, 0.1) is 0 Å². The van der Waals surface area contributed by atoms with Crippen molar-refractivity contribution in [1.29, 1.82) is 0 Å². The van der Waals surface area contributed by atoms with Crippen molar-refractivity contribution in [3.8, 4) is 0 Å². The largest absolute Gasteiger partial charge is 0.271 e. The van der Waals surface area contributed by atoms with E-state index in [4.69, 9.17) is 5.84 Å². The minimum atomic E-state index is -2.72. The van der Waals surface area contributed by atoms with E-state index in [1.807, 2.05) is 5.43 Å². The highest BCUT2D eigenvalue weighted by Crippen LogP contribution is 2.18. The monoisotopic (exact) mass is 138 g/mol.